The maximum absolute atomic E-state index is 13.6. The van der Waals surface area contributed by atoms with Gasteiger partial charge in [0.25, 0.3) is 0 Å². The van der Waals surface area contributed by atoms with Crippen LogP contribution in [0.3, 0.4) is 0 Å². The van der Waals surface area contributed by atoms with Gasteiger partial charge in [-0.1, -0.05) is 25.4 Å². The molecule has 2 aromatic rings. The highest BCUT2D eigenvalue weighted by molar-refractivity contribution is 14.2. The van der Waals surface area contributed by atoms with Gasteiger partial charge in [-0.3, -0.25) is 0 Å². The van der Waals surface area contributed by atoms with Gasteiger partial charge in [0, 0.05) is 10.4 Å². The van der Waals surface area contributed by atoms with Crippen molar-refractivity contribution in [2.45, 2.75) is 20.8 Å². The molecule has 1 heterocycles. The van der Waals surface area contributed by atoms with Gasteiger partial charge in [-0.2, -0.15) is 5.10 Å². The van der Waals surface area contributed by atoms with Gasteiger partial charge in [0.15, 0.2) is 5.82 Å². The van der Waals surface area contributed by atoms with Crippen LogP contribution >= 0.6 is 40.0 Å². The summed E-state index contributed by atoms with van der Waals surface area (Å²) in [5.74, 6) is -0.308. The molecule has 0 N–H and O–H groups in total. The van der Waals surface area contributed by atoms with Crippen LogP contribution in [0.5, 0.6) is 0 Å². The van der Waals surface area contributed by atoms with Crippen LogP contribution in [-0.2, 0) is 0 Å². The second kappa shape index (κ2) is 6.12. The van der Waals surface area contributed by atoms with Crippen LogP contribution < -0.4 is 0 Å². The number of hydrogen-bond acceptors (Lipinski definition) is 1. The van der Waals surface area contributed by atoms with Crippen LogP contribution in [0.15, 0.2) is 12.3 Å². The first-order chi connectivity index (χ1) is 7.65. The molecule has 88 valence electrons. The van der Waals surface area contributed by atoms with Crippen LogP contribution in [0.1, 0.15) is 19.4 Å². The lowest BCUT2D eigenvalue weighted by atomic mass is 10.1. The predicted molar refractivity (Wildman–Crippen MR) is 78.5 cm³/mol. The number of hydrogen-bond donors (Lipinski definition) is 0. The first kappa shape index (κ1) is 14.1. The molecule has 1 atom stereocenters. The molecular formula is C10H12ClFIN2P. The first-order valence-electron chi connectivity index (χ1n) is 4.84. The molecule has 2 rings (SSSR count). The SMILES string of the molecule is CC.Cc1c(Cl)cc(F)c2c1cnn2PI. The average Bonchev–Trinajstić information content (AvgIpc) is 2.73. The monoisotopic (exact) mass is 372 g/mol. The highest BCUT2D eigenvalue weighted by Gasteiger charge is 2.12. The number of fused-ring (bicyclic) bond motifs is 1. The molecule has 0 saturated heterocycles. The zero-order valence-electron chi connectivity index (χ0n) is 9.18. The molecule has 0 radical (unpaired) electrons. The Morgan fingerprint density at radius 1 is 1.50 bits per heavy atom. The Labute approximate surface area is 114 Å². The Bertz CT molecular complexity index is 501. The summed E-state index contributed by atoms with van der Waals surface area (Å²) in [5.41, 5.74) is 1.42. The van der Waals surface area contributed by atoms with E-state index in [1.165, 1.54) is 6.07 Å². The summed E-state index contributed by atoms with van der Waals surface area (Å²) in [5, 5.41) is 5.34. The van der Waals surface area contributed by atoms with E-state index in [0.717, 1.165) is 10.9 Å². The van der Waals surface area contributed by atoms with Crippen LogP contribution in [0.2, 0.25) is 5.02 Å². The molecule has 0 spiro atoms. The normalized spacial score (nSPS) is 10.9. The van der Waals surface area contributed by atoms with Crippen LogP contribution in [0, 0.1) is 12.7 Å². The van der Waals surface area contributed by atoms with E-state index in [1.54, 1.807) is 10.6 Å². The number of aromatic nitrogens is 2. The van der Waals surface area contributed by atoms with E-state index in [4.69, 9.17) is 11.6 Å². The van der Waals surface area contributed by atoms with Crippen LogP contribution in [0.4, 0.5) is 4.39 Å². The topological polar surface area (TPSA) is 17.8 Å². The van der Waals surface area contributed by atoms with E-state index < -0.39 is 0 Å². The minimum Gasteiger partial charge on any atom is -0.234 e. The highest BCUT2D eigenvalue weighted by Crippen LogP contribution is 2.33. The molecule has 0 aliphatic rings. The fourth-order valence-corrected chi connectivity index (χ4v) is 3.04. The third kappa shape index (κ3) is 2.49. The molecule has 1 aromatic heterocycles. The van der Waals surface area contributed by atoms with Gasteiger partial charge in [0.1, 0.15) is 5.52 Å². The molecule has 0 saturated carbocycles. The van der Waals surface area contributed by atoms with Crippen molar-refractivity contribution in [3.8, 4) is 0 Å². The minimum absolute atomic E-state index is 0.308. The zero-order valence-corrected chi connectivity index (χ0v) is 13.1. The maximum Gasteiger partial charge on any atom is 0.150 e. The van der Waals surface area contributed by atoms with Crippen molar-refractivity contribution in [1.82, 2.24) is 9.55 Å². The summed E-state index contributed by atoms with van der Waals surface area (Å²) in [7, 11) is 0. The number of benzene rings is 1. The van der Waals surface area contributed by atoms with E-state index >= 15 is 0 Å². The Balaban J connectivity index is 0.000000606. The highest BCUT2D eigenvalue weighted by atomic mass is 127. The number of halogens is 3. The Morgan fingerprint density at radius 2 is 2.12 bits per heavy atom. The van der Waals surface area contributed by atoms with Crippen molar-refractivity contribution in [2.24, 2.45) is 0 Å². The van der Waals surface area contributed by atoms with E-state index in [0.29, 0.717) is 16.9 Å². The van der Waals surface area contributed by atoms with Gasteiger partial charge in [-0.25, -0.2) is 8.84 Å². The third-order valence-corrected chi connectivity index (χ3v) is 4.35. The van der Waals surface area contributed by atoms with Crippen molar-refractivity contribution in [1.29, 1.82) is 0 Å². The van der Waals surface area contributed by atoms with E-state index in [2.05, 4.69) is 27.1 Å². The van der Waals surface area contributed by atoms with Gasteiger partial charge >= 0.3 is 0 Å². The molecule has 0 bridgehead atoms. The van der Waals surface area contributed by atoms with Crippen molar-refractivity contribution < 1.29 is 4.39 Å². The van der Waals surface area contributed by atoms with Gasteiger partial charge in [-0.15, -0.1) is 0 Å². The van der Waals surface area contributed by atoms with Crippen molar-refractivity contribution in [3.63, 3.8) is 0 Å². The standard InChI is InChI=1S/C8H6ClFIN2P.C2H6/c1-4-5-3-12-13(14-11)8(5)7(10)2-6(4)9;1-2/h2-3,14H,1H3;1-2H3. The fourth-order valence-electron chi connectivity index (χ4n) is 1.33. The Hall–Kier alpha value is 0.0700. The van der Waals surface area contributed by atoms with Crippen LogP contribution in [0.25, 0.3) is 10.9 Å². The minimum atomic E-state index is -0.308. The fraction of sp³-hybridized carbons (Fsp3) is 0.300. The van der Waals surface area contributed by atoms with Crippen molar-refractivity contribution >= 4 is 50.9 Å². The smallest absolute Gasteiger partial charge is 0.150 e. The number of nitrogens with zero attached hydrogens (tertiary/aromatic N) is 2. The molecule has 0 amide bonds. The second-order valence-corrected chi connectivity index (χ2v) is 5.32. The maximum atomic E-state index is 13.6. The van der Waals surface area contributed by atoms with E-state index in [9.17, 15) is 4.39 Å². The molecule has 0 aliphatic carbocycles. The summed E-state index contributed by atoms with van der Waals surface area (Å²) < 4.78 is 15.2. The summed E-state index contributed by atoms with van der Waals surface area (Å²) >= 11 is 8.03. The lowest BCUT2D eigenvalue weighted by molar-refractivity contribution is 0.634. The van der Waals surface area contributed by atoms with E-state index in [-0.39, 0.29) is 5.82 Å². The zero-order chi connectivity index (χ0) is 12.3. The Morgan fingerprint density at radius 3 is 2.69 bits per heavy atom. The van der Waals surface area contributed by atoms with Gasteiger partial charge in [0.2, 0.25) is 0 Å². The largest absolute Gasteiger partial charge is 0.234 e. The summed E-state index contributed by atoms with van der Waals surface area (Å²) in [4.78, 5) is 0. The van der Waals surface area contributed by atoms with Gasteiger partial charge < -0.3 is 0 Å². The first-order valence-corrected chi connectivity index (χ1v) is 9.28. The predicted octanol–water partition coefficient (Wildman–Crippen LogP) is 4.96. The molecule has 2 nitrogen and oxygen atoms in total. The summed E-state index contributed by atoms with van der Waals surface area (Å²) in [6.45, 7) is 5.87. The molecule has 0 aliphatic heterocycles. The van der Waals surface area contributed by atoms with Crippen molar-refractivity contribution in [3.05, 3.63) is 28.7 Å². The van der Waals surface area contributed by atoms with Gasteiger partial charge in [-0.05, 0) is 40.6 Å². The molecular weight excluding hydrogens is 360 g/mol. The average molecular weight is 373 g/mol. The lowest BCUT2D eigenvalue weighted by Crippen LogP contribution is -1.88. The summed E-state index contributed by atoms with van der Waals surface area (Å²) in [6, 6.07) is 1.34. The quantitative estimate of drug-likeness (QED) is 0.511. The third-order valence-electron chi connectivity index (χ3n) is 2.09. The second-order valence-electron chi connectivity index (χ2n) is 2.87. The number of aryl methyl sites for hydroxylation is 1. The summed E-state index contributed by atoms with van der Waals surface area (Å²) in [6.07, 6.45) is 2.05. The molecule has 16 heavy (non-hydrogen) atoms. The van der Waals surface area contributed by atoms with Gasteiger partial charge in [0.05, 0.1) is 12.6 Å². The lowest BCUT2D eigenvalue weighted by Gasteiger charge is -2.02. The van der Waals surface area contributed by atoms with Crippen molar-refractivity contribution in [2.75, 3.05) is 0 Å². The Kier molecular flexibility index (Phi) is 5.41. The van der Waals surface area contributed by atoms with E-state index in [1.807, 2.05) is 20.8 Å². The number of rotatable bonds is 1. The molecule has 1 aromatic carbocycles. The molecule has 6 heteroatoms. The molecule has 0 fully saturated rings. The molecule has 1 unspecified atom stereocenters. The van der Waals surface area contributed by atoms with Crippen LogP contribution in [-0.4, -0.2) is 9.55 Å².